The number of methoxy groups -OCH3 is 1. The first-order valence-electron chi connectivity index (χ1n) is 5.09. The van der Waals surface area contributed by atoms with E-state index in [1.165, 1.54) is 13.2 Å². The zero-order valence-corrected chi connectivity index (χ0v) is 10.1. The third-order valence-electron chi connectivity index (χ3n) is 2.41. The van der Waals surface area contributed by atoms with Gasteiger partial charge >= 0.3 is 0 Å². The van der Waals surface area contributed by atoms with Gasteiger partial charge < -0.3 is 4.74 Å². The van der Waals surface area contributed by atoms with Crippen molar-refractivity contribution in [2.45, 2.75) is 9.79 Å². The summed E-state index contributed by atoms with van der Waals surface area (Å²) in [5, 5.41) is 0. The molecule has 88 valence electrons. The van der Waals surface area contributed by atoms with E-state index >= 15 is 0 Å². The Bertz CT molecular complexity index is 604. The first-order valence-corrected chi connectivity index (χ1v) is 6.57. The van der Waals surface area contributed by atoms with E-state index in [4.69, 9.17) is 4.74 Å². The molecule has 0 atom stereocenters. The van der Waals surface area contributed by atoms with Gasteiger partial charge in [0, 0.05) is 0 Å². The zero-order chi connectivity index (χ0) is 12.3. The predicted octanol–water partition coefficient (Wildman–Crippen LogP) is 2.53. The van der Waals surface area contributed by atoms with Crippen LogP contribution in [0.25, 0.3) is 0 Å². The van der Waals surface area contributed by atoms with Gasteiger partial charge in [0.25, 0.3) is 0 Å². The number of sulfone groups is 1. The number of ether oxygens (including phenoxy) is 1. The molecule has 0 aromatic heterocycles. The lowest BCUT2D eigenvalue weighted by atomic mass is 10.3. The number of benzene rings is 2. The van der Waals surface area contributed by atoms with Gasteiger partial charge in [-0.1, -0.05) is 24.3 Å². The summed E-state index contributed by atoms with van der Waals surface area (Å²) in [6.07, 6.45) is 0. The molecular weight excluding hydrogens is 236 g/mol. The largest absolute Gasteiger partial charge is 0.497 e. The molecular formula is C13H12O3S. The second-order valence-electron chi connectivity index (χ2n) is 3.50. The fraction of sp³-hybridized carbons (Fsp3) is 0.0769. The molecule has 4 heteroatoms. The second-order valence-corrected chi connectivity index (χ2v) is 5.45. The van der Waals surface area contributed by atoms with Crippen molar-refractivity contribution in [1.29, 1.82) is 0 Å². The Labute approximate surface area is 101 Å². The van der Waals surface area contributed by atoms with Gasteiger partial charge in [-0.2, -0.15) is 0 Å². The van der Waals surface area contributed by atoms with Gasteiger partial charge in [0.1, 0.15) is 5.75 Å². The standard InChI is InChI=1S/C13H12O3S/c1-16-11-6-5-9-13(10-11)17(14,15)12-7-3-2-4-8-12/h2-10H,1H3. The lowest BCUT2D eigenvalue weighted by Gasteiger charge is -2.06. The average Bonchev–Trinajstić information content (AvgIpc) is 2.40. The van der Waals surface area contributed by atoms with Crippen LogP contribution in [-0.2, 0) is 9.84 Å². The van der Waals surface area contributed by atoms with E-state index in [1.54, 1.807) is 48.5 Å². The summed E-state index contributed by atoms with van der Waals surface area (Å²) in [5.74, 6) is 0.530. The van der Waals surface area contributed by atoms with E-state index in [1.807, 2.05) is 0 Å². The van der Waals surface area contributed by atoms with E-state index in [2.05, 4.69) is 0 Å². The molecule has 0 aliphatic carbocycles. The molecule has 0 aliphatic heterocycles. The SMILES string of the molecule is COc1cccc(S(=O)(=O)c2ccccc2)c1. The summed E-state index contributed by atoms with van der Waals surface area (Å²) in [7, 11) is -1.94. The van der Waals surface area contributed by atoms with Gasteiger partial charge in [-0.3, -0.25) is 0 Å². The van der Waals surface area contributed by atoms with Crippen LogP contribution in [0.5, 0.6) is 5.75 Å². The van der Waals surface area contributed by atoms with Crippen molar-refractivity contribution in [3.8, 4) is 5.75 Å². The van der Waals surface area contributed by atoms with Crippen LogP contribution in [0.3, 0.4) is 0 Å². The molecule has 0 radical (unpaired) electrons. The highest BCUT2D eigenvalue weighted by Crippen LogP contribution is 2.23. The summed E-state index contributed by atoms with van der Waals surface area (Å²) >= 11 is 0. The molecule has 2 rings (SSSR count). The minimum atomic E-state index is -3.45. The van der Waals surface area contributed by atoms with Gasteiger partial charge in [-0.05, 0) is 30.3 Å². The maximum Gasteiger partial charge on any atom is 0.206 e. The van der Waals surface area contributed by atoms with E-state index in [0.717, 1.165) is 0 Å². The Morgan fingerprint density at radius 1 is 0.882 bits per heavy atom. The summed E-state index contributed by atoms with van der Waals surface area (Å²) in [4.78, 5) is 0.524. The first kappa shape index (κ1) is 11.7. The van der Waals surface area contributed by atoms with Crippen LogP contribution in [0.4, 0.5) is 0 Å². The van der Waals surface area contributed by atoms with Crippen LogP contribution < -0.4 is 4.74 Å². The molecule has 0 unspecified atom stereocenters. The molecule has 0 aliphatic rings. The van der Waals surface area contributed by atoms with Crippen molar-refractivity contribution in [3.05, 3.63) is 54.6 Å². The van der Waals surface area contributed by atoms with Crippen molar-refractivity contribution in [2.75, 3.05) is 7.11 Å². The van der Waals surface area contributed by atoms with Gasteiger partial charge in [-0.15, -0.1) is 0 Å². The summed E-state index contributed by atoms with van der Waals surface area (Å²) in [5.41, 5.74) is 0. The highest BCUT2D eigenvalue weighted by molar-refractivity contribution is 7.91. The third-order valence-corrected chi connectivity index (χ3v) is 4.17. The molecule has 2 aromatic rings. The quantitative estimate of drug-likeness (QED) is 0.838. The molecule has 3 nitrogen and oxygen atoms in total. The molecule has 0 bridgehead atoms. The van der Waals surface area contributed by atoms with E-state index < -0.39 is 9.84 Å². The molecule has 0 saturated heterocycles. The van der Waals surface area contributed by atoms with Crippen LogP contribution in [0.1, 0.15) is 0 Å². The fourth-order valence-electron chi connectivity index (χ4n) is 1.50. The van der Waals surface area contributed by atoms with Crippen LogP contribution in [0, 0.1) is 0 Å². The van der Waals surface area contributed by atoms with Crippen molar-refractivity contribution in [1.82, 2.24) is 0 Å². The van der Waals surface area contributed by atoms with Crippen LogP contribution in [-0.4, -0.2) is 15.5 Å². The third kappa shape index (κ3) is 2.31. The molecule has 0 fully saturated rings. The molecule has 0 N–H and O–H groups in total. The Hall–Kier alpha value is -1.81. The summed E-state index contributed by atoms with van der Waals surface area (Å²) in [6.45, 7) is 0. The topological polar surface area (TPSA) is 43.4 Å². The van der Waals surface area contributed by atoms with Gasteiger partial charge in [0.2, 0.25) is 9.84 Å². The number of rotatable bonds is 3. The lowest BCUT2D eigenvalue weighted by Crippen LogP contribution is -2.01. The normalized spacial score (nSPS) is 11.1. The Morgan fingerprint density at radius 3 is 2.18 bits per heavy atom. The number of hydrogen-bond donors (Lipinski definition) is 0. The maximum atomic E-state index is 12.2. The monoisotopic (exact) mass is 248 g/mol. The number of hydrogen-bond acceptors (Lipinski definition) is 3. The summed E-state index contributed by atoms with van der Waals surface area (Å²) < 4.78 is 29.5. The Kier molecular flexibility index (Phi) is 3.15. The molecule has 0 amide bonds. The lowest BCUT2D eigenvalue weighted by molar-refractivity contribution is 0.413. The van der Waals surface area contributed by atoms with Gasteiger partial charge in [-0.25, -0.2) is 8.42 Å². The highest BCUT2D eigenvalue weighted by atomic mass is 32.2. The van der Waals surface area contributed by atoms with E-state index in [9.17, 15) is 8.42 Å². The molecule has 0 heterocycles. The smallest absolute Gasteiger partial charge is 0.206 e. The van der Waals surface area contributed by atoms with Crippen molar-refractivity contribution < 1.29 is 13.2 Å². The Morgan fingerprint density at radius 2 is 1.53 bits per heavy atom. The minimum absolute atomic E-state index is 0.239. The van der Waals surface area contributed by atoms with Gasteiger partial charge in [0.15, 0.2) is 0 Å². The second kappa shape index (κ2) is 4.59. The van der Waals surface area contributed by atoms with Crippen LogP contribution in [0.15, 0.2) is 64.4 Å². The zero-order valence-electron chi connectivity index (χ0n) is 9.33. The fourth-order valence-corrected chi connectivity index (χ4v) is 2.82. The van der Waals surface area contributed by atoms with Crippen molar-refractivity contribution in [3.63, 3.8) is 0 Å². The van der Waals surface area contributed by atoms with E-state index in [-0.39, 0.29) is 9.79 Å². The maximum absolute atomic E-state index is 12.2. The molecule has 17 heavy (non-hydrogen) atoms. The van der Waals surface area contributed by atoms with Crippen molar-refractivity contribution in [2.24, 2.45) is 0 Å². The summed E-state index contributed by atoms with van der Waals surface area (Å²) in [6, 6.07) is 14.8. The van der Waals surface area contributed by atoms with Crippen molar-refractivity contribution >= 4 is 9.84 Å². The van der Waals surface area contributed by atoms with Gasteiger partial charge in [0.05, 0.1) is 16.9 Å². The predicted molar refractivity (Wildman–Crippen MR) is 64.9 cm³/mol. The van der Waals surface area contributed by atoms with Crippen LogP contribution in [0.2, 0.25) is 0 Å². The Balaban J connectivity index is 2.52. The van der Waals surface area contributed by atoms with E-state index in [0.29, 0.717) is 5.75 Å². The highest BCUT2D eigenvalue weighted by Gasteiger charge is 2.17. The molecule has 0 saturated carbocycles. The molecule has 0 spiro atoms. The van der Waals surface area contributed by atoms with Crippen LogP contribution >= 0.6 is 0 Å². The minimum Gasteiger partial charge on any atom is -0.497 e. The average molecular weight is 248 g/mol. The first-order chi connectivity index (χ1) is 8.14. The molecule has 2 aromatic carbocycles.